The Morgan fingerprint density at radius 3 is 1.42 bits per heavy atom. The summed E-state index contributed by atoms with van der Waals surface area (Å²) in [6, 6.07) is 0. The maximum absolute atomic E-state index is 2.33. The van der Waals surface area contributed by atoms with E-state index >= 15 is 0 Å². The normalized spacial score (nSPS) is 13.7. The molecule has 0 saturated carbocycles. The number of hydrogen-bond donors (Lipinski definition) is 0. The molecule has 0 heterocycles. The Morgan fingerprint density at radius 1 is 0.833 bits per heavy atom. The van der Waals surface area contributed by atoms with Crippen molar-refractivity contribution in [2.75, 3.05) is 0 Å². The van der Waals surface area contributed by atoms with Crippen molar-refractivity contribution < 1.29 is 0 Å². The lowest BCUT2D eigenvalue weighted by molar-refractivity contribution is 0.937. The molecule has 0 bridgehead atoms. The first-order valence-corrected chi connectivity index (χ1v) is 5.06. The summed E-state index contributed by atoms with van der Waals surface area (Å²) in [5.41, 5.74) is 2.90. The molecule has 0 amide bonds. The average Bonchev–Trinajstić information content (AvgIpc) is 2.10. The van der Waals surface area contributed by atoms with Crippen LogP contribution in [0.15, 0.2) is 23.3 Å². The van der Waals surface area contributed by atoms with Gasteiger partial charge in [0.2, 0.25) is 0 Å². The maximum atomic E-state index is 2.33. The van der Waals surface area contributed by atoms with Crippen LogP contribution in [0.4, 0.5) is 0 Å². The van der Waals surface area contributed by atoms with Crippen LogP contribution in [0.25, 0.3) is 0 Å². The van der Waals surface area contributed by atoms with Crippen molar-refractivity contribution in [3.63, 3.8) is 0 Å². The van der Waals surface area contributed by atoms with Crippen LogP contribution in [0.5, 0.6) is 0 Å². The third-order valence-electron chi connectivity index (χ3n) is 2.10. The molecule has 0 spiro atoms. The van der Waals surface area contributed by atoms with Crippen LogP contribution in [-0.2, 0) is 0 Å². The van der Waals surface area contributed by atoms with Gasteiger partial charge in [-0.15, -0.1) is 0 Å². The fraction of sp³-hybridized carbons (Fsp3) is 0.667. The Bertz CT molecular complexity index is 141. The van der Waals surface area contributed by atoms with E-state index < -0.39 is 0 Å². The van der Waals surface area contributed by atoms with E-state index in [9.17, 15) is 0 Å². The van der Waals surface area contributed by atoms with Crippen LogP contribution < -0.4 is 0 Å². The van der Waals surface area contributed by atoms with Gasteiger partial charge >= 0.3 is 0 Å². The standard InChI is InChI=1S/C12H22/c1-5-7-9-11(3)12(4)10-8-6-2/h9-10H,5-8H2,1-4H3/b11-9+,12-10+. The quantitative estimate of drug-likeness (QED) is 0.528. The summed E-state index contributed by atoms with van der Waals surface area (Å²) < 4.78 is 0. The van der Waals surface area contributed by atoms with Crippen molar-refractivity contribution in [1.29, 1.82) is 0 Å². The summed E-state index contributed by atoms with van der Waals surface area (Å²) >= 11 is 0. The monoisotopic (exact) mass is 166 g/mol. The van der Waals surface area contributed by atoms with Crippen molar-refractivity contribution in [1.82, 2.24) is 0 Å². The SMILES string of the molecule is CCC/C=C(C)/C(C)=C/CCC. The second kappa shape index (κ2) is 7.15. The van der Waals surface area contributed by atoms with Crippen LogP contribution in [0.2, 0.25) is 0 Å². The Kier molecular flexibility index (Phi) is 6.84. The molecular weight excluding hydrogens is 144 g/mol. The molecule has 0 aliphatic rings. The first-order chi connectivity index (χ1) is 5.72. The van der Waals surface area contributed by atoms with E-state index in [2.05, 4.69) is 39.8 Å². The molecule has 0 nitrogen and oxygen atoms in total. The Morgan fingerprint density at radius 2 is 1.17 bits per heavy atom. The Labute approximate surface area is 77.4 Å². The van der Waals surface area contributed by atoms with E-state index in [0.717, 1.165) is 0 Å². The summed E-state index contributed by atoms with van der Waals surface area (Å²) in [6.07, 6.45) is 9.59. The van der Waals surface area contributed by atoms with Crippen LogP contribution >= 0.6 is 0 Å². The lowest BCUT2D eigenvalue weighted by Gasteiger charge is -2.00. The molecule has 0 N–H and O–H groups in total. The molecule has 0 aliphatic carbocycles. The van der Waals surface area contributed by atoms with Gasteiger partial charge in [0.05, 0.1) is 0 Å². The lowest BCUT2D eigenvalue weighted by atomic mass is 10.1. The van der Waals surface area contributed by atoms with Gasteiger partial charge in [-0.1, -0.05) is 50.0 Å². The highest BCUT2D eigenvalue weighted by Crippen LogP contribution is 2.11. The highest BCUT2D eigenvalue weighted by atomic mass is 14.0. The second-order valence-electron chi connectivity index (χ2n) is 3.35. The molecule has 0 heteroatoms. The fourth-order valence-electron chi connectivity index (χ4n) is 1.04. The number of hydrogen-bond acceptors (Lipinski definition) is 0. The van der Waals surface area contributed by atoms with Gasteiger partial charge in [0.1, 0.15) is 0 Å². The molecule has 0 aromatic rings. The maximum Gasteiger partial charge on any atom is -0.0348 e. The molecule has 70 valence electrons. The topological polar surface area (TPSA) is 0 Å². The van der Waals surface area contributed by atoms with Gasteiger partial charge in [-0.05, 0) is 26.7 Å². The van der Waals surface area contributed by atoms with Crippen molar-refractivity contribution >= 4 is 0 Å². The van der Waals surface area contributed by atoms with Gasteiger partial charge in [0.15, 0.2) is 0 Å². The predicted molar refractivity (Wildman–Crippen MR) is 57.3 cm³/mol. The van der Waals surface area contributed by atoms with Crippen molar-refractivity contribution in [3.05, 3.63) is 23.3 Å². The zero-order valence-electron chi connectivity index (χ0n) is 8.98. The van der Waals surface area contributed by atoms with Gasteiger partial charge in [-0.25, -0.2) is 0 Å². The van der Waals surface area contributed by atoms with E-state index in [1.165, 1.54) is 36.8 Å². The number of rotatable bonds is 5. The van der Waals surface area contributed by atoms with Gasteiger partial charge < -0.3 is 0 Å². The van der Waals surface area contributed by atoms with Crippen LogP contribution in [0, 0.1) is 0 Å². The summed E-state index contributed by atoms with van der Waals surface area (Å²) in [5.74, 6) is 0. The van der Waals surface area contributed by atoms with Gasteiger partial charge in [0, 0.05) is 0 Å². The molecule has 12 heavy (non-hydrogen) atoms. The third-order valence-corrected chi connectivity index (χ3v) is 2.10. The number of unbranched alkanes of at least 4 members (excludes halogenated alkanes) is 2. The molecule has 0 saturated heterocycles. The van der Waals surface area contributed by atoms with Crippen LogP contribution in [0.1, 0.15) is 53.4 Å². The minimum absolute atomic E-state index is 1.21. The van der Waals surface area contributed by atoms with Crippen LogP contribution in [-0.4, -0.2) is 0 Å². The molecule has 0 aromatic carbocycles. The van der Waals surface area contributed by atoms with Gasteiger partial charge in [0.25, 0.3) is 0 Å². The third kappa shape index (κ3) is 5.17. The molecule has 0 rings (SSSR count). The van der Waals surface area contributed by atoms with Crippen LogP contribution in [0.3, 0.4) is 0 Å². The highest BCUT2D eigenvalue weighted by Gasteiger charge is 1.90. The summed E-state index contributed by atoms with van der Waals surface area (Å²) in [5, 5.41) is 0. The van der Waals surface area contributed by atoms with E-state index in [0.29, 0.717) is 0 Å². The zero-order valence-corrected chi connectivity index (χ0v) is 8.98. The minimum Gasteiger partial charge on any atom is -0.0814 e. The van der Waals surface area contributed by atoms with E-state index in [4.69, 9.17) is 0 Å². The van der Waals surface area contributed by atoms with E-state index in [1.54, 1.807) is 0 Å². The van der Waals surface area contributed by atoms with Gasteiger partial charge in [-0.2, -0.15) is 0 Å². The lowest BCUT2D eigenvalue weighted by Crippen LogP contribution is -1.80. The molecular formula is C12H22. The molecule has 0 fully saturated rings. The first kappa shape index (κ1) is 11.5. The smallest absolute Gasteiger partial charge is 0.0348 e. The van der Waals surface area contributed by atoms with Crippen molar-refractivity contribution in [2.24, 2.45) is 0 Å². The van der Waals surface area contributed by atoms with Gasteiger partial charge in [-0.3, -0.25) is 0 Å². The number of allylic oxidation sites excluding steroid dienone is 4. The molecule has 0 atom stereocenters. The highest BCUT2D eigenvalue weighted by molar-refractivity contribution is 5.26. The fourth-order valence-corrected chi connectivity index (χ4v) is 1.04. The van der Waals surface area contributed by atoms with Crippen molar-refractivity contribution in [2.45, 2.75) is 53.4 Å². The predicted octanol–water partition coefficient (Wildman–Crippen LogP) is 4.48. The molecule has 0 aromatic heterocycles. The first-order valence-electron chi connectivity index (χ1n) is 5.06. The van der Waals surface area contributed by atoms with E-state index in [-0.39, 0.29) is 0 Å². The molecule has 0 radical (unpaired) electrons. The minimum atomic E-state index is 1.21. The Hall–Kier alpha value is -0.520. The molecule has 0 unspecified atom stereocenters. The average molecular weight is 166 g/mol. The van der Waals surface area contributed by atoms with E-state index in [1.807, 2.05) is 0 Å². The second-order valence-corrected chi connectivity index (χ2v) is 3.35. The zero-order chi connectivity index (χ0) is 9.40. The Balaban J connectivity index is 3.98. The summed E-state index contributed by atoms with van der Waals surface area (Å²) in [4.78, 5) is 0. The largest absolute Gasteiger partial charge is 0.0814 e. The summed E-state index contributed by atoms with van der Waals surface area (Å²) in [6.45, 7) is 8.85. The van der Waals surface area contributed by atoms with Crippen molar-refractivity contribution in [3.8, 4) is 0 Å². The molecule has 0 aliphatic heterocycles. The summed E-state index contributed by atoms with van der Waals surface area (Å²) in [7, 11) is 0.